The van der Waals surface area contributed by atoms with Gasteiger partial charge >= 0.3 is 0 Å². The van der Waals surface area contributed by atoms with Gasteiger partial charge in [0.15, 0.2) is 0 Å². The van der Waals surface area contributed by atoms with Crippen LogP contribution in [-0.4, -0.2) is 5.11 Å². The van der Waals surface area contributed by atoms with Gasteiger partial charge in [-0.15, -0.1) is 22.7 Å². The summed E-state index contributed by atoms with van der Waals surface area (Å²) >= 11 is 7.20. The van der Waals surface area contributed by atoms with Crippen molar-refractivity contribution in [3.05, 3.63) is 68.3 Å². The minimum absolute atomic E-state index is 0.263. The monoisotopic (exact) mass is 486 g/mol. The third-order valence-electron chi connectivity index (χ3n) is 5.91. The Kier molecular flexibility index (Phi) is 6.75. The molecular weight excluding hydrogens is 460 g/mol. The van der Waals surface area contributed by atoms with Crippen LogP contribution in [0.2, 0.25) is 0 Å². The molecule has 1 nitrogen and oxygen atoms in total. The molecule has 4 heteroatoms. The molecule has 2 aromatic carbocycles. The zero-order chi connectivity index (χ0) is 20.4. The van der Waals surface area contributed by atoms with Crippen molar-refractivity contribution in [2.45, 2.75) is 52.1 Å². The highest BCUT2D eigenvalue weighted by molar-refractivity contribution is 9.10. The van der Waals surface area contributed by atoms with Crippen LogP contribution in [0.25, 0.3) is 20.2 Å². The zero-order valence-corrected chi connectivity index (χ0v) is 20.2. The summed E-state index contributed by atoms with van der Waals surface area (Å²) in [6, 6.07) is 16.9. The normalized spacial score (nSPS) is 16.0. The van der Waals surface area contributed by atoms with Crippen LogP contribution in [-0.2, 0) is 0 Å². The van der Waals surface area contributed by atoms with E-state index in [4.69, 9.17) is 0 Å². The molecule has 5 rings (SSSR count). The second-order valence-electron chi connectivity index (χ2n) is 7.88. The highest BCUT2D eigenvalue weighted by Gasteiger charge is 2.26. The molecule has 1 aliphatic carbocycles. The maximum atomic E-state index is 10.7. The largest absolute Gasteiger partial charge is 0.388 e. The number of halogens is 1. The first kappa shape index (κ1) is 21.0. The van der Waals surface area contributed by atoms with Crippen molar-refractivity contribution in [1.82, 2.24) is 0 Å². The average molecular weight is 488 g/mol. The molecule has 1 fully saturated rings. The van der Waals surface area contributed by atoms with Gasteiger partial charge in [-0.3, -0.25) is 0 Å². The van der Waals surface area contributed by atoms with E-state index in [1.54, 1.807) is 0 Å². The summed E-state index contributed by atoms with van der Waals surface area (Å²) in [6.45, 7) is 4.28. The molecule has 1 N–H and O–H groups in total. The van der Waals surface area contributed by atoms with Crippen molar-refractivity contribution in [3.8, 4) is 0 Å². The maximum absolute atomic E-state index is 10.7. The number of thiophene rings is 2. The number of aliphatic hydroxyl groups is 1. The van der Waals surface area contributed by atoms with Crippen LogP contribution in [0.3, 0.4) is 0 Å². The van der Waals surface area contributed by atoms with Crippen molar-refractivity contribution in [2.24, 2.45) is 5.92 Å². The Balaban J connectivity index is 0.000000159. The fourth-order valence-corrected chi connectivity index (χ4v) is 7.16. The molecule has 2 heterocycles. The second-order valence-corrected chi connectivity index (χ2v) is 11.2. The van der Waals surface area contributed by atoms with Gasteiger partial charge in [-0.2, -0.15) is 0 Å². The topological polar surface area (TPSA) is 20.2 Å². The van der Waals surface area contributed by atoms with Gasteiger partial charge in [0.05, 0.1) is 6.10 Å². The van der Waals surface area contributed by atoms with E-state index in [9.17, 15) is 5.11 Å². The number of aryl methyl sites for hydroxylation is 2. The van der Waals surface area contributed by atoms with Gasteiger partial charge in [0.1, 0.15) is 0 Å². The summed E-state index contributed by atoms with van der Waals surface area (Å²) < 4.78 is 3.91. The Bertz CT molecular complexity index is 1100. The van der Waals surface area contributed by atoms with Crippen LogP contribution in [0, 0.1) is 19.8 Å². The maximum Gasteiger partial charge on any atom is 0.0834 e. The predicted octanol–water partition coefficient (Wildman–Crippen LogP) is 8.80. The van der Waals surface area contributed by atoms with Crippen LogP contribution >= 0.6 is 38.6 Å². The molecular formula is C25H27BrOS2. The molecule has 0 spiro atoms. The molecule has 152 valence electrons. The quantitative estimate of drug-likeness (QED) is 0.300. The van der Waals surface area contributed by atoms with E-state index >= 15 is 0 Å². The Morgan fingerprint density at radius 2 is 1.38 bits per heavy atom. The summed E-state index contributed by atoms with van der Waals surface area (Å²) in [5.41, 5.74) is 1.20. The minimum atomic E-state index is -0.263. The van der Waals surface area contributed by atoms with E-state index in [1.165, 1.54) is 72.1 Å². The molecule has 2 aromatic heterocycles. The van der Waals surface area contributed by atoms with Crippen LogP contribution in [0.1, 0.15) is 53.5 Å². The fourth-order valence-electron chi connectivity index (χ4n) is 4.38. The van der Waals surface area contributed by atoms with E-state index in [0.29, 0.717) is 5.92 Å². The first-order valence-corrected chi connectivity index (χ1v) is 12.8. The molecule has 0 saturated heterocycles. The minimum Gasteiger partial charge on any atom is -0.388 e. The van der Waals surface area contributed by atoms with E-state index in [-0.39, 0.29) is 6.10 Å². The van der Waals surface area contributed by atoms with Crippen molar-refractivity contribution in [1.29, 1.82) is 0 Å². The molecule has 29 heavy (non-hydrogen) atoms. The Morgan fingerprint density at radius 3 is 2.03 bits per heavy atom. The summed E-state index contributed by atoms with van der Waals surface area (Å²) in [7, 11) is 0. The first-order valence-electron chi connectivity index (χ1n) is 10.4. The van der Waals surface area contributed by atoms with Gasteiger partial charge in [0, 0.05) is 34.6 Å². The number of rotatable bonds is 2. The molecule has 0 bridgehead atoms. The van der Waals surface area contributed by atoms with Crippen molar-refractivity contribution < 1.29 is 5.11 Å². The van der Waals surface area contributed by atoms with E-state index < -0.39 is 0 Å². The van der Waals surface area contributed by atoms with Crippen LogP contribution < -0.4 is 0 Å². The highest BCUT2D eigenvalue weighted by Crippen LogP contribution is 2.41. The van der Waals surface area contributed by atoms with E-state index in [1.807, 2.05) is 22.7 Å². The van der Waals surface area contributed by atoms with Gasteiger partial charge in [-0.1, -0.05) is 55.7 Å². The second kappa shape index (κ2) is 9.30. The molecule has 0 amide bonds. The van der Waals surface area contributed by atoms with Gasteiger partial charge in [-0.05, 0) is 66.1 Å². The lowest BCUT2D eigenvalue weighted by atomic mass is 9.82. The Morgan fingerprint density at radius 1 is 0.828 bits per heavy atom. The van der Waals surface area contributed by atoms with Gasteiger partial charge in [0.25, 0.3) is 0 Å². The Labute approximate surface area is 189 Å². The van der Waals surface area contributed by atoms with E-state index in [0.717, 1.165) is 0 Å². The molecule has 1 saturated carbocycles. The lowest BCUT2D eigenvalue weighted by molar-refractivity contribution is 0.0859. The number of fused-ring (bicyclic) bond motifs is 2. The van der Waals surface area contributed by atoms with E-state index in [2.05, 4.69) is 78.3 Å². The molecule has 4 aromatic rings. The smallest absolute Gasteiger partial charge is 0.0834 e. The third-order valence-corrected chi connectivity index (χ3v) is 9.38. The van der Waals surface area contributed by atoms with Gasteiger partial charge < -0.3 is 5.11 Å². The van der Waals surface area contributed by atoms with Crippen molar-refractivity contribution in [3.63, 3.8) is 0 Å². The standard InChI is InChI=1S/C16H20OS.C9H7BrS/c1-11-15(13-9-5-6-10-14(13)18-11)16(17)12-7-3-2-4-8-12;1-6-9(10)7-4-2-3-5-8(7)11-6/h5-6,9-10,12,16-17H,2-4,7-8H2,1H3;2-5H,1H3. The summed E-state index contributed by atoms with van der Waals surface area (Å²) in [5.74, 6) is 0.468. The summed E-state index contributed by atoms with van der Waals surface area (Å²) in [6.07, 6.45) is 6.01. The molecule has 1 aliphatic rings. The third kappa shape index (κ3) is 4.46. The molecule has 1 unspecified atom stereocenters. The van der Waals surface area contributed by atoms with Crippen molar-refractivity contribution >= 4 is 58.8 Å². The number of aliphatic hydroxyl groups excluding tert-OH is 1. The molecule has 1 atom stereocenters. The van der Waals surface area contributed by atoms with Crippen LogP contribution in [0.15, 0.2) is 53.0 Å². The first-order chi connectivity index (χ1) is 14.1. The van der Waals surface area contributed by atoms with Crippen LogP contribution in [0.5, 0.6) is 0 Å². The number of benzene rings is 2. The summed E-state index contributed by atoms with van der Waals surface area (Å²) in [5, 5.41) is 13.3. The fraction of sp³-hybridized carbons (Fsp3) is 0.360. The average Bonchev–Trinajstić information content (AvgIpc) is 3.24. The number of hydrogen-bond acceptors (Lipinski definition) is 3. The van der Waals surface area contributed by atoms with Gasteiger partial charge in [-0.25, -0.2) is 0 Å². The molecule has 0 radical (unpaired) electrons. The lowest BCUT2D eigenvalue weighted by Crippen LogP contribution is -2.16. The SMILES string of the molecule is Cc1sc2ccccc2c1Br.Cc1sc2ccccc2c1C(O)C1CCCCC1. The van der Waals surface area contributed by atoms with Crippen LogP contribution in [0.4, 0.5) is 0 Å². The zero-order valence-electron chi connectivity index (χ0n) is 17.0. The summed E-state index contributed by atoms with van der Waals surface area (Å²) in [4.78, 5) is 2.64. The molecule has 0 aliphatic heterocycles. The van der Waals surface area contributed by atoms with Crippen molar-refractivity contribution in [2.75, 3.05) is 0 Å². The Hall–Kier alpha value is -1.20. The highest BCUT2D eigenvalue weighted by atomic mass is 79.9. The lowest BCUT2D eigenvalue weighted by Gasteiger charge is -2.27. The van der Waals surface area contributed by atoms with Gasteiger partial charge in [0.2, 0.25) is 0 Å². The predicted molar refractivity (Wildman–Crippen MR) is 132 cm³/mol. The number of hydrogen-bond donors (Lipinski definition) is 1.